The number of nitrogen functional groups attached to an aromatic ring is 1. The van der Waals surface area contributed by atoms with E-state index in [1.165, 1.54) is 5.56 Å². The minimum atomic E-state index is 0.285. The molecule has 0 aromatic carbocycles. The number of likely N-dealkylation sites (N-methyl/N-ethyl adjacent to an activating group) is 1. The van der Waals surface area contributed by atoms with Crippen LogP contribution in [0.4, 0.5) is 5.82 Å². The highest BCUT2D eigenvalue weighted by molar-refractivity contribution is 7.99. The third-order valence-corrected chi connectivity index (χ3v) is 3.98. The molecule has 2 atom stereocenters. The summed E-state index contributed by atoms with van der Waals surface area (Å²) in [5.41, 5.74) is 6.89. The lowest BCUT2D eigenvalue weighted by atomic mass is 10.0. The van der Waals surface area contributed by atoms with Gasteiger partial charge >= 0.3 is 0 Å². The van der Waals surface area contributed by atoms with E-state index in [-0.39, 0.29) is 6.10 Å². The molecular weight excluding hydrogens is 234 g/mol. The highest BCUT2D eigenvalue weighted by Gasteiger charge is 2.23. The minimum Gasteiger partial charge on any atom is -0.384 e. The summed E-state index contributed by atoms with van der Waals surface area (Å²) >= 11 is 1.96. The number of hydrogen-bond acceptors (Lipinski definition) is 5. The van der Waals surface area contributed by atoms with Crippen molar-refractivity contribution in [2.75, 3.05) is 30.9 Å². The van der Waals surface area contributed by atoms with E-state index < -0.39 is 0 Å². The van der Waals surface area contributed by atoms with Gasteiger partial charge in [-0.25, -0.2) is 4.98 Å². The molecule has 1 saturated heterocycles. The molecule has 0 aliphatic carbocycles. The molecule has 5 heteroatoms. The Morgan fingerprint density at radius 2 is 2.59 bits per heavy atom. The molecule has 2 rings (SSSR count). The highest BCUT2D eigenvalue weighted by atomic mass is 32.2. The molecule has 0 bridgehead atoms. The zero-order valence-electron chi connectivity index (χ0n) is 10.1. The van der Waals surface area contributed by atoms with Crippen molar-refractivity contribution in [3.8, 4) is 0 Å². The predicted molar refractivity (Wildman–Crippen MR) is 72.3 cm³/mol. The van der Waals surface area contributed by atoms with Gasteiger partial charge in [0, 0.05) is 23.7 Å². The molecule has 1 aliphatic heterocycles. The Bertz CT molecular complexity index is 355. The van der Waals surface area contributed by atoms with Gasteiger partial charge in [-0.15, -0.1) is 0 Å². The van der Waals surface area contributed by atoms with Crippen LogP contribution in [0, 0.1) is 0 Å². The van der Waals surface area contributed by atoms with Crippen LogP contribution in [0.25, 0.3) is 0 Å². The van der Waals surface area contributed by atoms with E-state index in [4.69, 9.17) is 10.5 Å². The van der Waals surface area contributed by atoms with Gasteiger partial charge in [-0.1, -0.05) is 0 Å². The molecule has 2 unspecified atom stereocenters. The van der Waals surface area contributed by atoms with E-state index in [1.54, 1.807) is 6.20 Å². The summed E-state index contributed by atoms with van der Waals surface area (Å²) in [6, 6.07) is 4.28. The third-order valence-electron chi connectivity index (χ3n) is 2.96. The molecule has 1 aromatic rings. The standard InChI is InChI=1S/C12H19N3OS/c1-14-10(11-8-17-5-4-16-11)6-9-2-3-15-12(13)7-9/h2-3,7,10-11,14H,4-6,8H2,1H3,(H2,13,15). The zero-order valence-corrected chi connectivity index (χ0v) is 10.9. The van der Waals surface area contributed by atoms with Gasteiger partial charge in [0.15, 0.2) is 0 Å². The maximum atomic E-state index is 5.80. The van der Waals surface area contributed by atoms with Crippen molar-refractivity contribution in [1.29, 1.82) is 0 Å². The smallest absolute Gasteiger partial charge is 0.123 e. The summed E-state index contributed by atoms with van der Waals surface area (Å²) in [5, 5.41) is 3.34. The van der Waals surface area contributed by atoms with Crippen molar-refractivity contribution >= 4 is 17.6 Å². The van der Waals surface area contributed by atoms with Crippen molar-refractivity contribution in [2.45, 2.75) is 18.6 Å². The summed E-state index contributed by atoms with van der Waals surface area (Å²) in [7, 11) is 1.98. The number of nitrogens with zero attached hydrogens (tertiary/aromatic N) is 1. The molecule has 4 nitrogen and oxygen atoms in total. The Balaban J connectivity index is 1.98. The Morgan fingerprint density at radius 3 is 3.24 bits per heavy atom. The number of ether oxygens (including phenoxy) is 1. The Labute approximate surface area is 106 Å². The second-order valence-corrected chi connectivity index (χ2v) is 5.32. The Hall–Kier alpha value is -0.780. The molecule has 1 aromatic heterocycles. The zero-order chi connectivity index (χ0) is 12.1. The van der Waals surface area contributed by atoms with Crippen LogP contribution < -0.4 is 11.1 Å². The van der Waals surface area contributed by atoms with E-state index in [9.17, 15) is 0 Å². The van der Waals surface area contributed by atoms with Gasteiger partial charge in [0.2, 0.25) is 0 Å². The average molecular weight is 253 g/mol. The molecule has 1 aliphatic rings. The van der Waals surface area contributed by atoms with Crippen LogP contribution in [0.5, 0.6) is 0 Å². The van der Waals surface area contributed by atoms with Gasteiger partial charge in [0.05, 0.1) is 12.7 Å². The van der Waals surface area contributed by atoms with Crippen molar-refractivity contribution in [3.63, 3.8) is 0 Å². The van der Waals surface area contributed by atoms with Crippen LogP contribution in [-0.4, -0.2) is 42.3 Å². The molecule has 94 valence electrons. The molecule has 0 saturated carbocycles. The van der Waals surface area contributed by atoms with Crippen LogP contribution in [0.2, 0.25) is 0 Å². The number of nitrogens with two attached hydrogens (primary N) is 1. The lowest BCUT2D eigenvalue weighted by Gasteiger charge is -2.30. The summed E-state index contributed by atoms with van der Waals surface area (Å²) in [6.45, 7) is 0.853. The summed E-state index contributed by atoms with van der Waals surface area (Å²) in [4.78, 5) is 4.01. The van der Waals surface area contributed by atoms with Gasteiger partial charge < -0.3 is 15.8 Å². The molecule has 0 spiro atoms. The van der Waals surface area contributed by atoms with Crippen molar-refractivity contribution < 1.29 is 4.74 Å². The normalized spacial score (nSPS) is 22.3. The number of aromatic nitrogens is 1. The minimum absolute atomic E-state index is 0.285. The number of rotatable bonds is 4. The van der Waals surface area contributed by atoms with Gasteiger partial charge in [-0.3, -0.25) is 0 Å². The molecule has 0 radical (unpaired) electrons. The summed E-state index contributed by atoms with van der Waals surface area (Å²) in [5.74, 6) is 2.75. The lowest BCUT2D eigenvalue weighted by molar-refractivity contribution is 0.0492. The summed E-state index contributed by atoms with van der Waals surface area (Å²) < 4.78 is 5.80. The second kappa shape index (κ2) is 6.23. The fraction of sp³-hybridized carbons (Fsp3) is 0.583. The van der Waals surface area contributed by atoms with E-state index in [0.29, 0.717) is 11.9 Å². The fourth-order valence-corrected chi connectivity index (χ4v) is 2.97. The monoisotopic (exact) mass is 253 g/mol. The SMILES string of the molecule is CNC(Cc1ccnc(N)c1)C1CSCCO1. The maximum absolute atomic E-state index is 5.80. The fourth-order valence-electron chi connectivity index (χ4n) is 2.03. The molecular formula is C12H19N3OS. The van der Waals surface area contributed by atoms with Crippen LogP contribution >= 0.6 is 11.8 Å². The maximum Gasteiger partial charge on any atom is 0.123 e. The van der Waals surface area contributed by atoms with Gasteiger partial charge in [0.25, 0.3) is 0 Å². The molecule has 3 N–H and O–H groups in total. The van der Waals surface area contributed by atoms with Crippen molar-refractivity contribution in [2.24, 2.45) is 0 Å². The van der Waals surface area contributed by atoms with E-state index in [1.807, 2.05) is 30.9 Å². The first-order chi connectivity index (χ1) is 8.29. The van der Waals surface area contributed by atoms with Crippen LogP contribution in [0.3, 0.4) is 0 Å². The molecule has 2 heterocycles. The molecule has 17 heavy (non-hydrogen) atoms. The van der Waals surface area contributed by atoms with E-state index >= 15 is 0 Å². The quantitative estimate of drug-likeness (QED) is 0.836. The van der Waals surface area contributed by atoms with Gasteiger partial charge in [-0.05, 0) is 31.2 Å². The number of thioether (sulfide) groups is 1. The number of pyridine rings is 1. The highest BCUT2D eigenvalue weighted by Crippen LogP contribution is 2.18. The van der Waals surface area contributed by atoms with Crippen LogP contribution in [-0.2, 0) is 11.2 Å². The molecule has 0 amide bonds. The van der Waals surface area contributed by atoms with E-state index in [2.05, 4.69) is 10.3 Å². The number of nitrogens with one attached hydrogen (secondary N) is 1. The van der Waals surface area contributed by atoms with Crippen LogP contribution in [0.1, 0.15) is 5.56 Å². The first kappa shape index (κ1) is 12.7. The van der Waals surface area contributed by atoms with Crippen LogP contribution in [0.15, 0.2) is 18.3 Å². The van der Waals surface area contributed by atoms with Crippen molar-refractivity contribution in [3.05, 3.63) is 23.9 Å². The van der Waals surface area contributed by atoms with Crippen molar-refractivity contribution in [1.82, 2.24) is 10.3 Å². The Morgan fingerprint density at radius 1 is 1.71 bits per heavy atom. The first-order valence-corrected chi connectivity index (χ1v) is 7.02. The summed E-state index contributed by atoms with van der Waals surface area (Å²) in [6.07, 6.45) is 2.97. The van der Waals surface area contributed by atoms with Gasteiger partial charge in [-0.2, -0.15) is 11.8 Å². The largest absolute Gasteiger partial charge is 0.384 e. The average Bonchev–Trinajstić information content (AvgIpc) is 2.37. The molecule has 1 fully saturated rings. The lowest BCUT2D eigenvalue weighted by Crippen LogP contribution is -2.44. The predicted octanol–water partition coefficient (Wildman–Crippen LogP) is 0.926. The van der Waals surface area contributed by atoms with Gasteiger partial charge in [0.1, 0.15) is 5.82 Å². The topological polar surface area (TPSA) is 60.2 Å². The number of anilines is 1. The Kier molecular flexibility index (Phi) is 4.65. The number of hydrogen-bond donors (Lipinski definition) is 2. The first-order valence-electron chi connectivity index (χ1n) is 5.86. The third kappa shape index (κ3) is 3.59. The second-order valence-electron chi connectivity index (χ2n) is 4.17. The van der Waals surface area contributed by atoms with E-state index in [0.717, 1.165) is 24.5 Å².